The molecule has 0 radical (unpaired) electrons. The maximum absolute atomic E-state index is 9.55. The summed E-state index contributed by atoms with van der Waals surface area (Å²) in [4.78, 5) is 25.3. The number of aromatic nitrogens is 1. The van der Waals surface area contributed by atoms with Crippen LogP contribution in [0.15, 0.2) is 30.5 Å². The number of pyridine rings is 1. The van der Waals surface area contributed by atoms with E-state index in [-0.39, 0.29) is 6.10 Å². The van der Waals surface area contributed by atoms with Crippen LogP contribution in [0.5, 0.6) is 5.75 Å². The van der Waals surface area contributed by atoms with Gasteiger partial charge < -0.3 is 19.8 Å². The maximum Gasteiger partial charge on any atom is 0.328 e. The summed E-state index contributed by atoms with van der Waals surface area (Å²) in [5.41, 5.74) is 0.368. The molecule has 1 aromatic rings. The maximum atomic E-state index is 9.55. The van der Waals surface area contributed by atoms with Gasteiger partial charge in [-0.1, -0.05) is 0 Å². The highest BCUT2D eigenvalue weighted by molar-refractivity contribution is 5.89. The Hall–Kier alpha value is -2.92. The van der Waals surface area contributed by atoms with Crippen LogP contribution < -0.4 is 4.74 Å². The molecular weight excluding hydrogens is 302 g/mol. The SMILES string of the molecule is CN1CCC(Oc2cccnc2C#N)C1.O=C(O)C=CC(=O)O. The molecule has 0 bridgehead atoms. The fraction of sp³-hybridized carbons (Fsp3) is 0.333. The molecular formula is C15H17N3O5. The molecule has 2 N–H and O–H groups in total. The summed E-state index contributed by atoms with van der Waals surface area (Å²) in [6.45, 7) is 1.96. The smallest absolute Gasteiger partial charge is 0.328 e. The van der Waals surface area contributed by atoms with E-state index in [1.807, 2.05) is 6.07 Å². The number of hydrogen-bond donors (Lipinski definition) is 2. The monoisotopic (exact) mass is 319 g/mol. The number of hydrogen-bond acceptors (Lipinski definition) is 6. The van der Waals surface area contributed by atoms with Crippen molar-refractivity contribution in [1.82, 2.24) is 9.88 Å². The van der Waals surface area contributed by atoms with Crippen molar-refractivity contribution in [3.05, 3.63) is 36.2 Å². The third-order valence-electron chi connectivity index (χ3n) is 2.89. The van der Waals surface area contributed by atoms with Gasteiger partial charge in [0.05, 0.1) is 0 Å². The molecule has 8 nitrogen and oxygen atoms in total. The second kappa shape index (κ2) is 9.17. The molecule has 1 unspecified atom stereocenters. The normalized spacial score (nSPS) is 17.1. The Morgan fingerprint density at radius 1 is 1.43 bits per heavy atom. The van der Waals surface area contributed by atoms with E-state index in [1.54, 1.807) is 18.3 Å². The minimum Gasteiger partial charge on any atom is -0.486 e. The van der Waals surface area contributed by atoms with Gasteiger partial charge in [-0.15, -0.1) is 0 Å². The first-order chi connectivity index (χ1) is 10.9. The van der Waals surface area contributed by atoms with E-state index in [0.717, 1.165) is 19.5 Å². The minimum absolute atomic E-state index is 0.186. The van der Waals surface area contributed by atoms with Crippen molar-refractivity contribution in [3.8, 4) is 11.8 Å². The molecule has 1 atom stereocenters. The molecule has 2 heterocycles. The highest BCUT2D eigenvalue weighted by Gasteiger charge is 2.21. The predicted molar refractivity (Wildman–Crippen MR) is 79.9 cm³/mol. The van der Waals surface area contributed by atoms with Gasteiger partial charge in [-0.2, -0.15) is 5.26 Å². The molecule has 1 fully saturated rings. The third-order valence-corrected chi connectivity index (χ3v) is 2.89. The first kappa shape index (κ1) is 18.1. The van der Waals surface area contributed by atoms with E-state index in [4.69, 9.17) is 20.2 Å². The van der Waals surface area contributed by atoms with Gasteiger partial charge in [-0.3, -0.25) is 0 Å². The molecule has 1 aromatic heterocycles. The van der Waals surface area contributed by atoms with Crippen LogP contribution in [0.3, 0.4) is 0 Å². The van der Waals surface area contributed by atoms with Crippen LogP contribution in [0, 0.1) is 11.3 Å². The Balaban J connectivity index is 0.000000284. The lowest BCUT2D eigenvalue weighted by molar-refractivity contribution is -0.134. The molecule has 0 aromatic carbocycles. The summed E-state index contributed by atoms with van der Waals surface area (Å²) in [5.74, 6) is -1.92. The van der Waals surface area contributed by atoms with Crippen molar-refractivity contribution >= 4 is 11.9 Å². The van der Waals surface area contributed by atoms with Gasteiger partial charge in [-0.05, 0) is 25.6 Å². The number of aliphatic carboxylic acids is 2. The average Bonchev–Trinajstić information content (AvgIpc) is 2.91. The number of carbonyl (C=O) groups is 2. The summed E-state index contributed by atoms with van der Waals surface area (Å²) >= 11 is 0. The topological polar surface area (TPSA) is 124 Å². The molecule has 0 spiro atoms. The van der Waals surface area contributed by atoms with Gasteiger partial charge in [0, 0.05) is 31.4 Å². The highest BCUT2D eigenvalue weighted by atomic mass is 16.5. The van der Waals surface area contributed by atoms with Crippen LogP contribution in [0.25, 0.3) is 0 Å². The van der Waals surface area contributed by atoms with Crippen molar-refractivity contribution in [1.29, 1.82) is 5.26 Å². The zero-order valence-corrected chi connectivity index (χ0v) is 12.5. The summed E-state index contributed by atoms with van der Waals surface area (Å²) in [5, 5.41) is 24.5. The van der Waals surface area contributed by atoms with Gasteiger partial charge in [0.25, 0.3) is 0 Å². The van der Waals surface area contributed by atoms with E-state index >= 15 is 0 Å². The Morgan fingerprint density at radius 2 is 2.09 bits per heavy atom. The van der Waals surface area contributed by atoms with E-state index in [9.17, 15) is 9.59 Å². The van der Waals surface area contributed by atoms with E-state index in [0.29, 0.717) is 23.6 Å². The van der Waals surface area contributed by atoms with Crippen molar-refractivity contribution in [3.63, 3.8) is 0 Å². The Labute approximate surface area is 133 Å². The number of rotatable bonds is 4. The fourth-order valence-electron chi connectivity index (χ4n) is 1.88. The summed E-state index contributed by atoms with van der Waals surface area (Å²) in [6.07, 6.45) is 3.92. The van der Waals surface area contributed by atoms with Crippen molar-refractivity contribution in [2.45, 2.75) is 12.5 Å². The number of carboxylic acid groups (broad SMARTS) is 2. The van der Waals surface area contributed by atoms with Gasteiger partial charge >= 0.3 is 11.9 Å². The average molecular weight is 319 g/mol. The van der Waals surface area contributed by atoms with Crippen molar-refractivity contribution in [2.75, 3.05) is 20.1 Å². The second-order valence-corrected chi connectivity index (χ2v) is 4.76. The number of nitriles is 1. The summed E-state index contributed by atoms with van der Waals surface area (Å²) in [7, 11) is 2.07. The van der Waals surface area contributed by atoms with Crippen LogP contribution in [-0.4, -0.2) is 58.3 Å². The van der Waals surface area contributed by atoms with Gasteiger partial charge in [0.2, 0.25) is 0 Å². The quantitative estimate of drug-likeness (QED) is 0.779. The fourth-order valence-corrected chi connectivity index (χ4v) is 1.88. The van der Waals surface area contributed by atoms with E-state index < -0.39 is 11.9 Å². The third kappa shape index (κ3) is 7.06. The largest absolute Gasteiger partial charge is 0.486 e. The van der Waals surface area contributed by atoms with Crippen LogP contribution >= 0.6 is 0 Å². The Kier molecular flexibility index (Phi) is 7.23. The number of likely N-dealkylation sites (tertiary alicyclic amines) is 1. The standard InChI is InChI=1S/C11H13N3O.C4H4O4/c1-14-6-4-9(8-14)15-11-3-2-5-13-10(11)7-12;5-3(6)1-2-4(7)8/h2-3,5,9H,4,6,8H2,1H3;1-2H,(H,5,6)(H,7,8). The zero-order valence-electron chi connectivity index (χ0n) is 12.5. The number of carboxylic acids is 2. The molecule has 1 saturated heterocycles. The molecule has 2 rings (SSSR count). The number of ether oxygens (including phenoxy) is 1. The van der Waals surface area contributed by atoms with Crippen molar-refractivity contribution < 1.29 is 24.5 Å². The molecule has 0 aliphatic carbocycles. The minimum atomic E-state index is -1.26. The first-order valence-corrected chi connectivity index (χ1v) is 6.76. The second-order valence-electron chi connectivity index (χ2n) is 4.76. The van der Waals surface area contributed by atoms with Crippen LogP contribution in [-0.2, 0) is 9.59 Å². The van der Waals surface area contributed by atoms with Crippen LogP contribution in [0.2, 0.25) is 0 Å². The molecule has 1 aliphatic heterocycles. The number of likely N-dealkylation sites (N-methyl/N-ethyl adjacent to an activating group) is 1. The molecule has 122 valence electrons. The lowest BCUT2D eigenvalue weighted by Crippen LogP contribution is -2.21. The highest BCUT2D eigenvalue weighted by Crippen LogP contribution is 2.19. The lowest BCUT2D eigenvalue weighted by Gasteiger charge is -2.13. The molecule has 0 saturated carbocycles. The summed E-state index contributed by atoms with van der Waals surface area (Å²) < 4.78 is 5.74. The van der Waals surface area contributed by atoms with Gasteiger partial charge in [-0.25, -0.2) is 14.6 Å². The zero-order chi connectivity index (χ0) is 17.2. The van der Waals surface area contributed by atoms with Crippen LogP contribution in [0.1, 0.15) is 12.1 Å². The van der Waals surface area contributed by atoms with Gasteiger partial charge in [0.15, 0.2) is 11.4 Å². The van der Waals surface area contributed by atoms with E-state index in [1.165, 1.54) is 0 Å². The Bertz CT molecular complexity index is 608. The predicted octanol–water partition coefficient (Wildman–Crippen LogP) is 0.748. The summed E-state index contributed by atoms with van der Waals surface area (Å²) in [6, 6.07) is 5.61. The van der Waals surface area contributed by atoms with Crippen LogP contribution in [0.4, 0.5) is 0 Å². The Morgan fingerprint density at radius 3 is 2.57 bits per heavy atom. The van der Waals surface area contributed by atoms with Crippen molar-refractivity contribution in [2.24, 2.45) is 0 Å². The first-order valence-electron chi connectivity index (χ1n) is 6.76. The lowest BCUT2D eigenvalue weighted by atomic mass is 10.3. The number of nitrogens with zero attached hydrogens (tertiary/aromatic N) is 3. The molecule has 1 aliphatic rings. The molecule has 23 heavy (non-hydrogen) atoms. The molecule has 8 heteroatoms. The van der Waals surface area contributed by atoms with Gasteiger partial charge in [0.1, 0.15) is 12.2 Å². The molecule has 0 amide bonds. The van der Waals surface area contributed by atoms with E-state index in [2.05, 4.69) is 16.9 Å².